The zero-order valence-corrected chi connectivity index (χ0v) is 17.6. The van der Waals surface area contributed by atoms with Crippen LogP contribution in [-0.4, -0.2) is 48.7 Å². The van der Waals surface area contributed by atoms with Gasteiger partial charge in [0.15, 0.2) is 11.6 Å². The smallest absolute Gasteiger partial charge is 0.266 e. The first-order chi connectivity index (χ1) is 14.1. The number of piperidine rings is 1. The molecular weight excluding hydrogens is 439 g/mol. The largest absolute Gasteiger partial charge is 0.475 e. The standard InChI is InChI=1S/C22H24BrFN2O3/c23-16-6-7-19(18(24)12-16)29-21-20(28-14-15-4-2-1-3-5-15)13-26(22(21)27)17-8-10-25-11-9-17/h1-7,12,17,20-21,25H,8-11,13-14H2/t20-,21-/m0/s1. The van der Waals surface area contributed by atoms with Crippen LogP contribution >= 0.6 is 15.9 Å². The van der Waals surface area contributed by atoms with E-state index in [0.29, 0.717) is 17.6 Å². The Balaban J connectivity index is 1.52. The maximum Gasteiger partial charge on any atom is 0.266 e. The Labute approximate surface area is 178 Å². The molecule has 2 saturated heterocycles. The molecule has 1 amide bonds. The molecule has 0 aromatic heterocycles. The van der Waals surface area contributed by atoms with Gasteiger partial charge in [-0.2, -0.15) is 0 Å². The first-order valence-electron chi connectivity index (χ1n) is 9.90. The molecule has 2 aromatic rings. The molecule has 5 nitrogen and oxygen atoms in total. The Kier molecular flexibility index (Phi) is 6.47. The molecule has 2 aliphatic heterocycles. The first kappa shape index (κ1) is 20.3. The van der Waals surface area contributed by atoms with Gasteiger partial charge in [-0.05, 0) is 49.7 Å². The van der Waals surface area contributed by atoms with Crippen LogP contribution in [0.25, 0.3) is 0 Å². The van der Waals surface area contributed by atoms with E-state index in [1.165, 1.54) is 12.1 Å². The molecule has 29 heavy (non-hydrogen) atoms. The lowest BCUT2D eigenvalue weighted by Gasteiger charge is -2.31. The first-order valence-corrected chi connectivity index (χ1v) is 10.7. The van der Waals surface area contributed by atoms with Crippen LogP contribution in [0.1, 0.15) is 18.4 Å². The number of nitrogens with zero attached hydrogens (tertiary/aromatic N) is 1. The van der Waals surface area contributed by atoms with E-state index in [0.717, 1.165) is 31.5 Å². The van der Waals surface area contributed by atoms with Crippen molar-refractivity contribution in [2.24, 2.45) is 0 Å². The van der Waals surface area contributed by atoms with Gasteiger partial charge in [0.05, 0.1) is 13.2 Å². The second kappa shape index (κ2) is 9.24. The van der Waals surface area contributed by atoms with E-state index in [1.807, 2.05) is 35.2 Å². The van der Waals surface area contributed by atoms with Gasteiger partial charge in [-0.3, -0.25) is 4.79 Å². The molecule has 2 aromatic carbocycles. The average molecular weight is 463 g/mol. The lowest BCUT2D eigenvalue weighted by atomic mass is 10.1. The van der Waals surface area contributed by atoms with Gasteiger partial charge in [-0.15, -0.1) is 0 Å². The van der Waals surface area contributed by atoms with Gasteiger partial charge < -0.3 is 19.7 Å². The van der Waals surface area contributed by atoms with Crippen molar-refractivity contribution in [2.75, 3.05) is 19.6 Å². The highest BCUT2D eigenvalue weighted by molar-refractivity contribution is 9.10. The van der Waals surface area contributed by atoms with Crippen molar-refractivity contribution in [2.45, 2.75) is 37.7 Å². The van der Waals surface area contributed by atoms with Gasteiger partial charge >= 0.3 is 0 Å². The summed E-state index contributed by atoms with van der Waals surface area (Å²) in [5, 5.41) is 3.32. The number of hydrogen-bond donors (Lipinski definition) is 1. The lowest BCUT2D eigenvalue weighted by Crippen LogP contribution is -2.45. The van der Waals surface area contributed by atoms with Crippen molar-refractivity contribution in [3.05, 3.63) is 64.4 Å². The zero-order valence-electron chi connectivity index (χ0n) is 16.0. The van der Waals surface area contributed by atoms with Gasteiger partial charge in [-0.25, -0.2) is 4.39 Å². The minimum absolute atomic E-state index is 0.0621. The lowest BCUT2D eigenvalue weighted by molar-refractivity contribution is -0.137. The van der Waals surface area contributed by atoms with Crippen molar-refractivity contribution in [1.29, 1.82) is 0 Å². The number of likely N-dealkylation sites (tertiary alicyclic amines) is 1. The van der Waals surface area contributed by atoms with Crippen LogP contribution in [-0.2, 0) is 16.1 Å². The predicted octanol–water partition coefficient (Wildman–Crippen LogP) is 3.52. The van der Waals surface area contributed by atoms with Crippen LogP contribution in [0.2, 0.25) is 0 Å². The highest BCUT2D eigenvalue weighted by atomic mass is 79.9. The molecule has 7 heteroatoms. The summed E-state index contributed by atoms with van der Waals surface area (Å²) in [5.41, 5.74) is 1.02. The maximum absolute atomic E-state index is 14.3. The fourth-order valence-corrected chi connectivity index (χ4v) is 4.23. The van der Waals surface area contributed by atoms with Crippen LogP contribution in [0.15, 0.2) is 53.0 Å². The summed E-state index contributed by atoms with van der Waals surface area (Å²) >= 11 is 3.24. The fraction of sp³-hybridized carbons (Fsp3) is 0.409. The molecule has 0 aliphatic carbocycles. The Morgan fingerprint density at radius 3 is 2.62 bits per heavy atom. The monoisotopic (exact) mass is 462 g/mol. The number of halogens is 2. The highest BCUT2D eigenvalue weighted by Crippen LogP contribution is 2.29. The quantitative estimate of drug-likeness (QED) is 0.713. The molecule has 2 atom stereocenters. The molecular formula is C22H24BrFN2O3. The number of benzene rings is 2. The van der Waals surface area contributed by atoms with Crippen molar-refractivity contribution in [1.82, 2.24) is 10.2 Å². The molecule has 0 radical (unpaired) electrons. The SMILES string of the molecule is O=C1[C@@H](Oc2ccc(Br)cc2F)[C@@H](OCc2ccccc2)CN1C1CCNCC1. The fourth-order valence-electron chi connectivity index (χ4n) is 3.90. The molecule has 154 valence electrons. The van der Waals surface area contributed by atoms with Crippen molar-refractivity contribution < 1.29 is 18.7 Å². The Hall–Kier alpha value is -1.96. The van der Waals surface area contributed by atoms with Crippen LogP contribution < -0.4 is 10.1 Å². The highest BCUT2D eigenvalue weighted by Gasteiger charge is 2.46. The number of carbonyl (C=O) groups is 1. The number of amides is 1. The number of ether oxygens (including phenoxy) is 2. The van der Waals surface area contributed by atoms with E-state index in [4.69, 9.17) is 9.47 Å². The van der Waals surface area contributed by atoms with Gasteiger partial charge in [0.25, 0.3) is 5.91 Å². The number of carbonyl (C=O) groups excluding carboxylic acids is 1. The van der Waals surface area contributed by atoms with E-state index in [1.54, 1.807) is 6.07 Å². The summed E-state index contributed by atoms with van der Waals surface area (Å²) in [6, 6.07) is 14.5. The molecule has 1 N–H and O–H groups in total. The van der Waals surface area contributed by atoms with E-state index >= 15 is 0 Å². The van der Waals surface area contributed by atoms with Crippen LogP contribution in [0.4, 0.5) is 4.39 Å². The second-order valence-electron chi connectivity index (χ2n) is 7.42. The summed E-state index contributed by atoms with van der Waals surface area (Å²) < 4.78 is 26.9. The Morgan fingerprint density at radius 1 is 1.14 bits per heavy atom. The maximum atomic E-state index is 14.3. The molecule has 2 aliphatic rings. The van der Waals surface area contributed by atoms with Crippen molar-refractivity contribution in [3.8, 4) is 5.75 Å². The number of hydrogen-bond acceptors (Lipinski definition) is 4. The normalized spacial score (nSPS) is 22.8. The molecule has 0 bridgehead atoms. The van der Waals surface area contributed by atoms with E-state index in [9.17, 15) is 9.18 Å². The van der Waals surface area contributed by atoms with Gasteiger partial charge in [0, 0.05) is 10.5 Å². The summed E-state index contributed by atoms with van der Waals surface area (Å²) in [4.78, 5) is 15.0. The van der Waals surface area contributed by atoms with E-state index < -0.39 is 18.0 Å². The zero-order chi connectivity index (χ0) is 20.2. The van der Waals surface area contributed by atoms with Crippen molar-refractivity contribution >= 4 is 21.8 Å². The minimum Gasteiger partial charge on any atom is -0.475 e. The second-order valence-corrected chi connectivity index (χ2v) is 8.34. The Bertz CT molecular complexity index is 845. The third-order valence-corrected chi connectivity index (χ3v) is 5.94. The number of rotatable bonds is 6. The molecule has 2 fully saturated rings. The Morgan fingerprint density at radius 2 is 1.90 bits per heavy atom. The van der Waals surface area contributed by atoms with Gasteiger partial charge in [-0.1, -0.05) is 46.3 Å². The van der Waals surface area contributed by atoms with E-state index in [-0.39, 0.29) is 17.7 Å². The van der Waals surface area contributed by atoms with E-state index in [2.05, 4.69) is 21.2 Å². The third kappa shape index (κ3) is 4.79. The number of nitrogens with one attached hydrogen (secondary N) is 1. The predicted molar refractivity (Wildman–Crippen MR) is 111 cm³/mol. The molecule has 0 unspecified atom stereocenters. The summed E-state index contributed by atoms with van der Waals surface area (Å²) in [6.07, 6.45) is 0.484. The third-order valence-electron chi connectivity index (χ3n) is 5.44. The molecule has 2 heterocycles. The molecule has 0 saturated carbocycles. The van der Waals surface area contributed by atoms with Crippen LogP contribution in [0.5, 0.6) is 5.75 Å². The average Bonchev–Trinajstić information content (AvgIpc) is 3.05. The molecule has 0 spiro atoms. The van der Waals surface area contributed by atoms with Crippen LogP contribution in [0.3, 0.4) is 0 Å². The summed E-state index contributed by atoms with van der Waals surface area (Å²) in [7, 11) is 0. The topological polar surface area (TPSA) is 50.8 Å². The van der Waals surface area contributed by atoms with Gasteiger partial charge in [0.2, 0.25) is 6.10 Å². The minimum atomic E-state index is -0.857. The summed E-state index contributed by atoms with van der Waals surface area (Å²) in [5.74, 6) is -0.571. The molecule has 4 rings (SSSR count). The van der Waals surface area contributed by atoms with Crippen LogP contribution in [0, 0.1) is 5.82 Å². The van der Waals surface area contributed by atoms with Gasteiger partial charge in [0.1, 0.15) is 6.10 Å². The van der Waals surface area contributed by atoms with Crippen molar-refractivity contribution in [3.63, 3.8) is 0 Å². The summed E-state index contributed by atoms with van der Waals surface area (Å²) in [6.45, 7) is 2.61.